The Kier molecular flexibility index (Phi) is 3.87. The van der Waals surface area contributed by atoms with Gasteiger partial charge in [-0.1, -0.05) is 6.42 Å². The first kappa shape index (κ1) is 9.01. The molecule has 0 spiro atoms. The van der Waals surface area contributed by atoms with Crippen molar-refractivity contribution < 1.29 is 0 Å². The second-order valence-corrected chi connectivity index (χ2v) is 3.52. The van der Waals surface area contributed by atoms with E-state index in [1.54, 1.807) is 0 Å². The van der Waals surface area contributed by atoms with Crippen molar-refractivity contribution >= 4 is 0 Å². The van der Waals surface area contributed by atoms with Crippen molar-refractivity contribution in [3.63, 3.8) is 0 Å². The van der Waals surface area contributed by atoms with Crippen molar-refractivity contribution in [2.75, 3.05) is 27.2 Å². The molecule has 1 aliphatic heterocycles. The van der Waals surface area contributed by atoms with Crippen LogP contribution in [0.25, 0.3) is 0 Å². The molecule has 0 radical (unpaired) electrons. The van der Waals surface area contributed by atoms with E-state index in [1.165, 1.54) is 32.2 Å². The third kappa shape index (κ3) is 2.80. The molecule has 0 aromatic heterocycles. The zero-order chi connectivity index (χ0) is 8.10. The average molecular weight is 156 g/mol. The summed E-state index contributed by atoms with van der Waals surface area (Å²) in [6.07, 6.45) is 5.54. The van der Waals surface area contributed by atoms with Crippen molar-refractivity contribution in [3.8, 4) is 0 Å². The van der Waals surface area contributed by atoms with Gasteiger partial charge in [0.05, 0.1) is 0 Å². The van der Waals surface area contributed by atoms with Gasteiger partial charge in [0.15, 0.2) is 0 Å². The van der Waals surface area contributed by atoms with Gasteiger partial charge in [0.25, 0.3) is 0 Å². The van der Waals surface area contributed by atoms with E-state index in [1.807, 2.05) is 7.05 Å². The number of hydrogen-bond acceptors (Lipinski definition) is 2. The molecule has 1 rings (SSSR count). The van der Waals surface area contributed by atoms with Crippen LogP contribution in [0.5, 0.6) is 0 Å². The van der Waals surface area contributed by atoms with Crippen LogP contribution >= 0.6 is 0 Å². The van der Waals surface area contributed by atoms with E-state index < -0.39 is 0 Å². The van der Waals surface area contributed by atoms with Crippen LogP contribution < -0.4 is 5.32 Å². The molecule has 1 saturated heterocycles. The van der Waals surface area contributed by atoms with Gasteiger partial charge in [-0.05, 0) is 46.4 Å². The van der Waals surface area contributed by atoms with Gasteiger partial charge in [0.1, 0.15) is 0 Å². The molecule has 1 aliphatic rings. The highest BCUT2D eigenvalue weighted by Crippen LogP contribution is 2.16. The van der Waals surface area contributed by atoms with Crippen LogP contribution in [0.1, 0.15) is 25.7 Å². The summed E-state index contributed by atoms with van der Waals surface area (Å²) in [5.41, 5.74) is 0. The van der Waals surface area contributed by atoms with Crippen LogP contribution in [0.4, 0.5) is 0 Å². The lowest BCUT2D eigenvalue weighted by Crippen LogP contribution is -2.37. The van der Waals surface area contributed by atoms with Crippen LogP contribution in [0, 0.1) is 0 Å². The summed E-state index contributed by atoms with van der Waals surface area (Å²) in [4.78, 5) is 2.50. The van der Waals surface area contributed by atoms with E-state index in [0.29, 0.717) is 0 Å². The number of nitrogens with zero attached hydrogens (tertiary/aromatic N) is 1. The van der Waals surface area contributed by atoms with Gasteiger partial charge in [-0.3, -0.25) is 0 Å². The average Bonchev–Trinajstić information content (AvgIpc) is 2.03. The number of likely N-dealkylation sites (tertiary alicyclic amines) is 1. The Morgan fingerprint density at radius 2 is 2.27 bits per heavy atom. The first-order valence-corrected chi connectivity index (χ1v) is 4.69. The van der Waals surface area contributed by atoms with Gasteiger partial charge in [-0.2, -0.15) is 0 Å². The molecular formula is C9H20N2. The molecule has 1 N–H and O–H groups in total. The van der Waals surface area contributed by atoms with Gasteiger partial charge >= 0.3 is 0 Å². The molecule has 0 bridgehead atoms. The molecule has 1 atom stereocenters. The maximum Gasteiger partial charge on any atom is 0.0104 e. The Morgan fingerprint density at radius 3 is 2.91 bits per heavy atom. The fourth-order valence-corrected chi connectivity index (χ4v) is 1.82. The molecule has 0 saturated carbocycles. The lowest BCUT2D eigenvalue weighted by Gasteiger charge is -2.32. The molecule has 0 aromatic carbocycles. The summed E-state index contributed by atoms with van der Waals surface area (Å²) < 4.78 is 0. The second kappa shape index (κ2) is 4.73. The molecule has 1 unspecified atom stereocenters. The lowest BCUT2D eigenvalue weighted by molar-refractivity contribution is 0.176. The van der Waals surface area contributed by atoms with Crippen LogP contribution in [-0.4, -0.2) is 38.1 Å². The quantitative estimate of drug-likeness (QED) is 0.658. The van der Waals surface area contributed by atoms with E-state index in [4.69, 9.17) is 0 Å². The lowest BCUT2D eigenvalue weighted by atomic mass is 10.0. The predicted octanol–water partition coefficient (Wildman–Crippen LogP) is 1.08. The number of nitrogens with one attached hydrogen (secondary N) is 1. The first-order valence-electron chi connectivity index (χ1n) is 4.69. The maximum atomic E-state index is 3.21. The zero-order valence-corrected chi connectivity index (χ0v) is 7.77. The highest BCUT2D eigenvalue weighted by atomic mass is 15.1. The summed E-state index contributed by atoms with van der Waals surface area (Å²) in [5, 5.41) is 3.21. The third-order valence-electron chi connectivity index (χ3n) is 2.65. The summed E-state index contributed by atoms with van der Waals surface area (Å²) in [7, 11) is 4.28. The van der Waals surface area contributed by atoms with E-state index in [-0.39, 0.29) is 0 Å². The Morgan fingerprint density at radius 1 is 1.45 bits per heavy atom. The molecule has 0 amide bonds. The topological polar surface area (TPSA) is 15.3 Å². The normalized spacial score (nSPS) is 27.3. The van der Waals surface area contributed by atoms with Crippen LogP contribution in [-0.2, 0) is 0 Å². The smallest absolute Gasteiger partial charge is 0.0104 e. The summed E-state index contributed by atoms with van der Waals surface area (Å²) in [5.74, 6) is 0. The molecule has 66 valence electrons. The Hall–Kier alpha value is -0.0800. The summed E-state index contributed by atoms with van der Waals surface area (Å²) in [6, 6.07) is 0.844. The number of piperidine rings is 1. The second-order valence-electron chi connectivity index (χ2n) is 3.52. The Bertz CT molecular complexity index is 104. The third-order valence-corrected chi connectivity index (χ3v) is 2.65. The van der Waals surface area contributed by atoms with Gasteiger partial charge in [0.2, 0.25) is 0 Å². The van der Waals surface area contributed by atoms with Crippen LogP contribution in [0.15, 0.2) is 0 Å². The Labute approximate surface area is 70.0 Å². The minimum atomic E-state index is 0.844. The summed E-state index contributed by atoms with van der Waals surface area (Å²) in [6.45, 7) is 2.46. The molecule has 2 nitrogen and oxygen atoms in total. The van der Waals surface area contributed by atoms with Crippen molar-refractivity contribution in [2.45, 2.75) is 31.7 Å². The van der Waals surface area contributed by atoms with Gasteiger partial charge in [-0.15, -0.1) is 0 Å². The fourth-order valence-electron chi connectivity index (χ4n) is 1.82. The molecule has 1 heterocycles. The SMILES string of the molecule is CNCCC1CCCCN1C. The van der Waals surface area contributed by atoms with E-state index in [0.717, 1.165) is 12.6 Å². The highest BCUT2D eigenvalue weighted by Gasteiger charge is 2.17. The standard InChI is InChI=1S/C9H20N2/c1-10-7-6-9-5-3-4-8-11(9)2/h9-10H,3-8H2,1-2H3. The largest absolute Gasteiger partial charge is 0.320 e. The van der Waals surface area contributed by atoms with Crippen molar-refractivity contribution in [1.29, 1.82) is 0 Å². The van der Waals surface area contributed by atoms with E-state index >= 15 is 0 Å². The minimum Gasteiger partial charge on any atom is -0.320 e. The van der Waals surface area contributed by atoms with Gasteiger partial charge in [-0.25, -0.2) is 0 Å². The number of hydrogen-bond donors (Lipinski definition) is 1. The van der Waals surface area contributed by atoms with Crippen molar-refractivity contribution in [3.05, 3.63) is 0 Å². The van der Waals surface area contributed by atoms with Gasteiger partial charge in [0, 0.05) is 6.04 Å². The molecule has 11 heavy (non-hydrogen) atoms. The molecule has 0 aliphatic carbocycles. The summed E-state index contributed by atoms with van der Waals surface area (Å²) >= 11 is 0. The van der Waals surface area contributed by atoms with Crippen LogP contribution in [0.2, 0.25) is 0 Å². The van der Waals surface area contributed by atoms with E-state index in [2.05, 4.69) is 17.3 Å². The van der Waals surface area contributed by atoms with Gasteiger partial charge < -0.3 is 10.2 Å². The molecule has 1 fully saturated rings. The van der Waals surface area contributed by atoms with Crippen molar-refractivity contribution in [1.82, 2.24) is 10.2 Å². The molecule has 2 heteroatoms. The highest BCUT2D eigenvalue weighted by molar-refractivity contribution is 4.74. The van der Waals surface area contributed by atoms with Crippen molar-refractivity contribution in [2.24, 2.45) is 0 Å². The van der Waals surface area contributed by atoms with Crippen LogP contribution in [0.3, 0.4) is 0 Å². The minimum absolute atomic E-state index is 0.844. The monoisotopic (exact) mass is 156 g/mol. The molecule has 0 aromatic rings. The molecular weight excluding hydrogens is 136 g/mol. The predicted molar refractivity (Wildman–Crippen MR) is 48.8 cm³/mol. The maximum absolute atomic E-state index is 3.21. The first-order chi connectivity index (χ1) is 5.34. The van der Waals surface area contributed by atoms with E-state index in [9.17, 15) is 0 Å². The fraction of sp³-hybridized carbons (Fsp3) is 1.00. The number of rotatable bonds is 3. The zero-order valence-electron chi connectivity index (χ0n) is 7.77. The Balaban J connectivity index is 2.18.